The van der Waals surface area contributed by atoms with Crippen LogP contribution in [0.3, 0.4) is 0 Å². The van der Waals surface area contributed by atoms with Crippen molar-refractivity contribution in [3.63, 3.8) is 0 Å². The molecule has 2 aliphatic rings. The molecule has 6 rings (SSSR count). The summed E-state index contributed by atoms with van der Waals surface area (Å²) in [7, 11) is 5.75. The average Bonchev–Trinajstić information content (AvgIpc) is 3.58. The number of anilines is 2. The molecule has 4 aromatic rings. The standard InChI is InChI=1S/C30H33N7O2S/c1-36(2)10-11-37(17-22-6-4-5-9-32-22)30(38)19-7-8-23-26(14-19)40-29-27(23)28(33-18-34-29)35-24-12-20-15-31-16-21(20)13-25(24)39-3/h4-6,9,12-13,15,18-19H,7-8,10-11,14,16-17H2,1-3H3,(H,33,34,35)/t19-/m0/s1. The minimum absolute atomic E-state index is 0.0631. The van der Waals surface area contributed by atoms with Crippen molar-refractivity contribution in [1.29, 1.82) is 0 Å². The van der Waals surface area contributed by atoms with E-state index in [1.807, 2.05) is 49.5 Å². The van der Waals surface area contributed by atoms with Crippen LogP contribution in [-0.2, 0) is 30.7 Å². The van der Waals surface area contributed by atoms with Crippen molar-refractivity contribution in [2.75, 3.05) is 39.6 Å². The number of fused-ring (bicyclic) bond motifs is 4. The molecule has 1 amide bonds. The molecule has 1 aliphatic carbocycles. The lowest BCUT2D eigenvalue weighted by Crippen LogP contribution is -2.41. The monoisotopic (exact) mass is 555 g/mol. The molecule has 1 aliphatic heterocycles. The Morgan fingerprint density at radius 2 is 2.08 bits per heavy atom. The van der Waals surface area contributed by atoms with Gasteiger partial charge in [0.15, 0.2) is 0 Å². The number of hydrogen-bond donors (Lipinski definition) is 1. The first kappa shape index (κ1) is 26.3. The van der Waals surface area contributed by atoms with Crippen LogP contribution in [0.5, 0.6) is 5.75 Å². The predicted octanol–water partition coefficient (Wildman–Crippen LogP) is 4.47. The summed E-state index contributed by atoms with van der Waals surface area (Å²) in [5.41, 5.74) is 5.25. The molecule has 1 atom stereocenters. The van der Waals surface area contributed by atoms with Crippen LogP contribution in [0, 0.1) is 5.92 Å². The van der Waals surface area contributed by atoms with Crippen molar-refractivity contribution in [2.24, 2.45) is 10.9 Å². The fraction of sp³-hybridized carbons (Fsp3) is 0.367. The van der Waals surface area contributed by atoms with E-state index in [1.54, 1.807) is 31.0 Å². The van der Waals surface area contributed by atoms with E-state index < -0.39 is 0 Å². The van der Waals surface area contributed by atoms with Gasteiger partial charge in [-0.25, -0.2) is 9.97 Å². The van der Waals surface area contributed by atoms with Crippen molar-refractivity contribution in [1.82, 2.24) is 24.8 Å². The average molecular weight is 556 g/mol. The second-order valence-corrected chi connectivity index (χ2v) is 11.7. The van der Waals surface area contributed by atoms with Crippen LogP contribution < -0.4 is 10.1 Å². The van der Waals surface area contributed by atoms with Crippen LogP contribution in [0.1, 0.15) is 33.7 Å². The molecule has 3 aromatic heterocycles. The van der Waals surface area contributed by atoms with Crippen LogP contribution in [-0.4, -0.2) is 71.2 Å². The van der Waals surface area contributed by atoms with Gasteiger partial charge < -0.3 is 19.9 Å². The molecule has 4 heterocycles. The molecule has 0 spiro atoms. The van der Waals surface area contributed by atoms with Gasteiger partial charge in [0, 0.05) is 36.3 Å². The second kappa shape index (κ2) is 11.3. The zero-order chi connectivity index (χ0) is 27.6. The van der Waals surface area contributed by atoms with E-state index in [-0.39, 0.29) is 11.8 Å². The maximum absolute atomic E-state index is 13.8. The highest BCUT2D eigenvalue weighted by molar-refractivity contribution is 7.19. The molecule has 0 fully saturated rings. The first-order chi connectivity index (χ1) is 19.5. The molecule has 40 heavy (non-hydrogen) atoms. The summed E-state index contributed by atoms with van der Waals surface area (Å²) in [6, 6.07) is 9.96. The van der Waals surface area contributed by atoms with Crippen molar-refractivity contribution < 1.29 is 9.53 Å². The van der Waals surface area contributed by atoms with Crippen molar-refractivity contribution in [2.45, 2.75) is 32.4 Å². The Kier molecular flexibility index (Phi) is 7.44. The van der Waals surface area contributed by atoms with E-state index in [9.17, 15) is 4.79 Å². The number of carbonyl (C=O) groups is 1. The number of likely N-dealkylation sites (N-methyl/N-ethyl adjacent to an activating group) is 1. The third kappa shape index (κ3) is 5.29. The summed E-state index contributed by atoms with van der Waals surface area (Å²) in [5, 5.41) is 4.57. The number of carbonyl (C=O) groups excluding carboxylic acids is 1. The highest BCUT2D eigenvalue weighted by Gasteiger charge is 2.32. The SMILES string of the molecule is COc1cc2c(cc1Nc1ncnc3sc4c(c13)CC[C@H](C(=O)N(CCN(C)C)Cc1ccccn1)C4)C=NC2. The number of pyridine rings is 1. The summed E-state index contributed by atoms with van der Waals surface area (Å²) in [6.45, 7) is 2.68. The van der Waals surface area contributed by atoms with Crippen molar-refractivity contribution >= 4 is 45.2 Å². The summed E-state index contributed by atoms with van der Waals surface area (Å²) in [4.78, 5) is 38.2. The highest BCUT2D eigenvalue weighted by Crippen LogP contribution is 2.42. The number of nitrogens with zero attached hydrogens (tertiary/aromatic N) is 6. The summed E-state index contributed by atoms with van der Waals surface area (Å²) in [6.07, 6.45) is 7.61. The number of amides is 1. The number of thiophene rings is 1. The molecule has 10 heteroatoms. The van der Waals surface area contributed by atoms with E-state index in [1.165, 1.54) is 10.4 Å². The van der Waals surface area contributed by atoms with Gasteiger partial charge in [-0.1, -0.05) is 6.07 Å². The van der Waals surface area contributed by atoms with Gasteiger partial charge in [0.1, 0.15) is 22.7 Å². The van der Waals surface area contributed by atoms with Crippen LogP contribution in [0.4, 0.5) is 11.5 Å². The zero-order valence-corrected chi connectivity index (χ0v) is 23.9. The normalized spacial score (nSPS) is 15.8. The predicted molar refractivity (Wildman–Crippen MR) is 159 cm³/mol. The molecule has 0 bridgehead atoms. The van der Waals surface area contributed by atoms with E-state index in [2.05, 4.69) is 36.2 Å². The first-order valence-electron chi connectivity index (χ1n) is 13.6. The molecular formula is C30H33N7O2S. The quantitative estimate of drug-likeness (QED) is 0.326. The summed E-state index contributed by atoms with van der Waals surface area (Å²) >= 11 is 1.67. The Balaban J connectivity index is 1.26. The van der Waals surface area contributed by atoms with Gasteiger partial charge >= 0.3 is 0 Å². The molecule has 1 N–H and O–H groups in total. The number of ether oxygens (including phenoxy) is 1. The Hall–Kier alpha value is -3.89. The van der Waals surface area contributed by atoms with E-state index in [0.717, 1.165) is 63.7 Å². The molecule has 0 saturated carbocycles. The Bertz CT molecular complexity index is 1570. The van der Waals surface area contributed by atoms with Crippen LogP contribution in [0.25, 0.3) is 10.2 Å². The van der Waals surface area contributed by atoms with E-state index >= 15 is 0 Å². The number of methoxy groups -OCH3 is 1. The molecular weight excluding hydrogens is 522 g/mol. The number of benzene rings is 1. The molecule has 0 unspecified atom stereocenters. The minimum Gasteiger partial charge on any atom is -0.495 e. The number of aromatic nitrogens is 3. The van der Waals surface area contributed by atoms with Gasteiger partial charge in [0.05, 0.1) is 37.0 Å². The van der Waals surface area contributed by atoms with Gasteiger partial charge in [-0.3, -0.25) is 14.8 Å². The Labute approximate surface area is 237 Å². The molecule has 1 aromatic carbocycles. The third-order valence-corrected chi connectivity index (χ3v) is 8.77. The fourth-order valence-corrected chi connectivity index (χ4v) is 6.75. The van der Waals surface area contributed by atoms with Gasteiger partial charge in [-0.2, -0.15) is 0 Å². The molecule has 0 radical (unpaired) electrons. The highest BCUT2D eigenvalue weighted by atomic mass is 32.1. The number of aryl methyl sites for hydroxylation is 1. The number of rotatable bonds is 9. The van der Waals surface area contributed by atoms with Crippen LogP contribution >= 0.6 is 11.3 Å². The maximum Gasteiger partial charge on any atom is 0.226 e. The molecule has 0 saturated heterocycles. The van der Waals surface area contributed by atoms with E-state index in [4.69, 9.17) is 4.74 Å². The van der Waals surface area contributed by atoms with Gasteiger partial charge in [0.2, 0.25) is 5.91 Å². The van der Waals surface area contributed by atoms with Crippen molar-refractivity contribution in [3.05, 3.63) is 70.1 Å². The third-order valence-electron chi connectivity index (χ3n) is 7.61. The fourth-order valence-electron chi connectivity index (χ4n) is 5.48. The van der Waals surface area contributed by atoms with Gasteiger partial charge in [-0.15, -0.1) is 11.3 Å². The Morgan fingerprint density at radius 1 is 1.18 bits per heavy atom. The lowest BCUT2D eigenvalue weighted by Gasteiger charge is -2.30. The molecule has 206 valence electrons. The van der Waals surface area contributed by atoms with Gasteiger partial charge in [0.25, 0.3) is 0 Å². The maximum atomic E-state index is 13.8. The number of aliphatic imine (C=N–C) groups is 1. The first-order valence-corrected chi connectivity index (χ1v) is 14.4. The van der Waals surface area contributed by atoms with Gasteiger partial charge in [-0.05, 0) is 74.3 Å². The lowest BCUT2D eigenvalue weighted by atomic mass is 9.86. The lowest BCUT2D eigenvalue weighted by molar-refractivity contribution is -0.136. The van der Waals surface area contributed by atoms with Crippen LogP contribution in [0.2, 0.25) is 0 Å². The van der Waals surface area contributed by atoms with E-state index in [0.29, 0.717) is 26.1 Å². The summed E-state index contributed by atoms with van der Waals surface area (Å²) < 4.78 is 5.68. The summed E-state index contributed by atoms with van der Waals surface area (Å²) in [5.74, 6) is 1.66. The smallest absolute Gasteiger partial charge is 0.226 e. The largest absolute Gasteiger partial charge is 0.495 e. The number of nitrogens with one attached hydrogen (secondary N) is 1. The molecule has 9 nitrogen and oxygen atoms in total. The van der Waals surface area contributed by atoms with Crippen molar-refractivity contribution in [3.8, 4) is 5.75 Å². The zero-order valence-electron chi connectivity index (χ0n) is 23.1. The second-order valence-electron chi connectivity index (χ2n) is 10.6. The number of hydrogen-bond acceptors (Lipinski definition) is 9. The minimum atomic E-state index is -0.0631. The Morgan fingerprint density at radius 3 is 2.88 bits per heavy atom. The topological polar surface area (TPSA) is 95.8 Å². The van der Waals surface area contributed by atoms with Crippen LogP contribution in [0.15, 0.2) is 47.8 Å².